The van der Waals surface area contributed by atoms with Crippen molar-refractivity contribution >= 4 is 5.91 Å². The van der Waals surface area contributed by atoms with Gasteiger partial charge in [0.05, 0.1) is 0 Å². The van der Waals surface area contributed by atoms with Gasteiger partial charge in [0.1, 0.15) is 0 Å². The Morgan fingerprint density at radius 1 is 1.41 bits per heavy atom. The molecule has 1 amide bonds. The molecule has 3 nitrogen and oxygen atoms in total. The van der Waals surface area contributed by atoms with Gasteiger partial charge < -0.3 is 11.1 Å². The van der Waals surface area contributed by atoms with Crippen LogP contribution in [0.25, 0.3) is 0 Å². The molecule has 0 heterocycles. The standard InChI is InChI=1S/C14H22N2O/c1-4-16-13(17)12-7-5-6-11(8-12)9-14(2,3)10-15/h5-8H,4,9-10,15H2,1-3H3,(H,16,17). The van der Waals surface area contributed by atoms with E-state index in [-0.39, 0.29) is 11.3 Å². The van der Waals surface area contributed by atoms with Gasteiger partial charge in [-0.2, -0.15) is 0 Å². The Morgan fingerprint density at radius 2 is 2.12 bits per heavy atom. The summed E-state index contributed by atoms with van der Waals surface area (Å²) in [7, 11) is 0. The normalized spacial score (nSPS) is 11.3. The van der Waals surface area contributed by atoms with Gasteiger partial charge >= 0.3 is 0 Å². The highest BCUT2D eigenvalue weighted by Crippen LogP contribution is 2.20. The van der Waals surface area contributed by atoms with Crippen molar-refractivity contribution in [2.24, 2.45) is 11.1 Å². The third-order valence-electron chi connectivity index (χ3n) is 2.76. The highest BCUT2D eigenvalue weighted by atomic mass is 16.1. The third kappa shape index (κ3) is 4.19. The first-order chi connectivity index (χ1) is 7.98. The Balaban J connectivity index is 2.82. The first-order valence-corrected chi connectivity index (χ1v) is 6.06. The molecule has 0 radical (unpaired) electrons. The molecule has 0 aliphatic heterocycles. The SMILES string of the molecule is CCNC(=O)c1cccc(CC(C)(C)CN)c1. The van der Waals surface area contributed by atoms with Gasteiger partial charge in [0.15, 0.2) is 0 Å². The van der Waals surface area contributed by atoms with E-state index < -0.39 is 0 Å². The van der Waals surface area contributed by atoms with Crippen LogP contribution in [0.3, 0.4) is 0 Å². The van der Waals surface area contributed by atoms with Crippen LogP contribution in [-0.4, -0.2) is 19.0 Å². The zero-order valence-corrected chi connectivity index (χ0v) is 10.9. The van der Waals surface area contributed by atoms with Gasteiger partial charge in [0.25, 0.3) is 5.91 Å². The molecule has 0 atom stereocenters. The molecule has 0 aromatic heterocycles. The fourth-order valence-electron chi connectivity index (χ4n) is 1.71. The van der Waals surface area contributed by atoms with E-state index in [0.717, 1.165) is 17.5 Å². The van der Waals surface area contributed by atoms with Crippen LogP contribution in [0.5, 0.6) is 0 Å². The van der Waals surface area contributed by atoms with Gasteiger partial charge in [0.2, 0.25) is 0 Å². The molecule has 1 rings (SSSR count). The minimum atomic E-state index is -0.0140. The molecular weight excluding hydrogens is 212 g/mol. The van der Waals surface area contributed by atoms with Gasteiger partial charge in [-0.3, -0.25) is 4.79 Å². The van der Waals surface area contributed by atoms with E-state index in [4.69, 9.17) is 5.73 Å². The topological polar surface area (TPSA) is 55.1 Å². The molecule has 0 aliphatic rings. The number of hydrogen-bond acceptors (Lipinski definition) is 2. The summed E-state index contributed by atoms with van der Waals surface area (Å²) in [5.74, 6) is -0.0140. The first-order valence-electron chi connectivity index (χ1n) is 6.06. The number of amides is 1. The highest BCUT2D eigenvalue weighted by molar-refractivity contribution is 5.94. The molecule has 0 bridgehead atoms. The molecule has 0 aliphatic carbocycles. The molecule has 1 aromatic carbocycles. The molecule has 0 saturated carbocycles. The van der Waals surface area contributed by atoms with Crippen molar-refractivity contribution in [3.63, 3.8) is 0 Å². The van der Waals surface area contributed by atoms with Crippen molar-refractivity contribution in [1.82, 2.24) is 5.32 Å². The predicted octanol–water partition coefficient (Wildman–Crippen LogP) is 1.96. The summed E-state index contributed by atoms with van der Waals surface area (Å²) in [6.45, 7) is 7.46. The zero-order valence-electron chi connectivity index (χ0n) is 10.9. The number of carbonyl (C=O) groups is 1. The molecule has 0 unspecified atom stereocenters. The van der Waals surface area contributed by atoms with Crippen molar-refractivity contribution in [3.8, 4) is 0 Å². The Hall–Kier alpha value is -1.35. The highest BCUT2D eigenvalue weighted by Gasteiger charge is 2.16. The Morgan fingerprint density at radius 3 is 2.71 bits per heavy atom. The van der Waals surface area contributed by atoms with E-state index in [1.807, 2.05) is 31.2 Å². The summed E-state index contributed by atoms with van der Waals surface area (Å²) in [6, 6.07) is 7.75. The Kier molecular flexibility index (Phi) is 4.70. The summed E-state index contributed by atoms with van der Waals surface area (Å²) in [5.41, 5.74) is 7.67. The predicted molar refractivity (Wildman–Crippen MR) is 71.0 cm³/mol. The third-order valence-corrected chi connectivity index (χ3v) is 2.76. The van der Waals surface area contributed by atoms with Crippen LogP contribution in [0.4, 0.5) is 0 Å². The zero-order chi connectivity index (χ0) is 12.9. The second kappa shape index (κ2) is 5.82. The van der Waals surface area contributed by atoms with E-state index in [1.54, 1.807) is 0 Å². The van der Waals surface area contributed by atoms with Crippen LogP contribution in [0.2, 0.25) is 0 Å². The number of carbonyl (C=O) groups excluding carboxylic acids is 1. The molecule has 94 valence electrons. The van der Waals surface area contributed by atoms with E-state index in [1.165, 1.54) is 0 Å². The van der Waals surface area contributed by atoms with Crippen LogP contribution in [0, 0.1) is 5.41 Å². The summed E-state index contributed by atoms with van der Waals surface area (Å²) in [6.07, 6.45) is 0.886. The van der Waals surface area contributed by atoms with Crippen LogP contribution >= 0.6 is 0 Å². The lowest BCUT2D eigenvalue weighted by molar-refractivity contribution is 0.0955. The first kappa shape index (κ1) is 13.7. The fourth-order valence-corrected chi connectivity index (χ4v) is 1.71. The number of rotatable bonds is 5. The second-order valence-corrected chi connectivity index (χ2v) is 5.10. The molecule has 0 spiro atoms. The molecule has 17 heavy (non-hydrogen) atoms. The van der Waals surface area contributed by atoms with Crippen LogP contribution < -0.4 is 11.1 Å². The Bertz CT molecular complexity index is 386. The van der Waals surface area contributed by atoms with Crippen molar-refractivity contribution in [3.05, 3.63) is 35.4 Å². The van der Waals surface area contributed by atoms with Gasteiger partial charge in [-0.1, -0.05) is 26.0 Å². The van der Waals surface area contributed by atoms with E-state index in [0.29, 0.717) is 13.1 Å². The van der Waals surface area contributed by atoms with Gasteiger partial charge in [-0.15, -0.1) is 0 Å². The maximum atomic E-state index is 11.7. The fraction of sp³-hybridized carbons (Fsp3) is 0.500. The minimum Gasteiger partial charge on any atom is -0.352 e. The summed E-state index contributed by atoms with van der Waals surface area (Å²) in [4.78, 5) is 11.7. The molecular formula is C14H22N2O. The van der Waals surface area contributed by atoms with E-state index in [2.05, 4.69) is 19.2 Å². The number of benzene rings is 1. The van der Waals surface area contributed by atoms with Crippen LogP contribution in [0.15, 0.2) is 24.3 Å². The molecule has 1 aromatic rings. The molecule has 3 heteroatoms. The van der Waals surface area contributed by atoms with Gasteiger partial charge in [-0.05, 0) is 43.0 Å². The van der Waals surface area contributed by atoms with Gasteiger partial charge in [0, 0.05) is 12.1 Å². The monoisotopic (exact) mass is 234 g/mol. The summed E-state index contributed by atoms with van der Waals surface area (Å²) >= 11 is 0. The Labute approximate surface area is 103 Å². The lowest BCUT2D eigenvalue weighted by Crippen LogP contribution is -2.26. The van der Waals surface area contributed by atoms with E-state index >= 15 is 0 Å². The summed E-state index contributed by atoms with van der Waals surface area (Å²) < 4.78 is 0. The number of hydrogen-bond donors (Lipinski definition) is 2. The average molecular weight is 234 g/mol. The van der Waals surface area contributed by atoms with Crippen LogP contribution in [-0.2, 0) is 6.42 Å². The lowest BCUT2D eigenvalue weighted by atomic mass is 9.85. The molecule has 3 N–H and O–H groups in total. The van der Waals surface area contributed by atoms with Gasteiger partial charge in [-0.25, -0.2) is 0 Å². The number of nitrogens with two attached hydrogens (primary N) is 1. The minimum absolute atomic E-state index is 0.0140. The summed E-state index contributed by atoms with van der Waals surface area (Å²) in [5, 5.41) is 2.80. The van der Waals surface area contributed by atoms with E-state index in [9.17, 15) is 4.79 Å². The smallest absolute Gasteiger partial charge is 0.251 e. The quantitative estimate of drug-likeness (QED) is 0.818. The maximum Gasteiger partial charge on any atom is 0.251 e. The number of nitrogens with one attached hydrogen (secondary N) is 1. The van der Waals surface area contributed by atoms with Crippen molar-refractivity contribution < 1.29 is 4.79 Å². The van der Waals surface area contributed by atoms with Crippen LogP contribution in [0.1, 0.15) is 36.7 Å². The largest absolute Gasteiger partial charge is 0.352 e. The van der Waals surface area contributed by atoms with Crippen molar-refractivity contribution in [2.45, 2.75) is 27.2 Å². The lowest BCUT2D eigenvalue weighted by Gasteiger charge is -2.22. The van der Waals surface area contributed by atoms with Crippen molar-refractivity contribution in [1.29, 1.82) is 0 Å². The second-order valence-electron chi connectivity index (χ2n) is 5.10. The average Bonchev–Trinajstić information content (AvgIpc) is 2.29. The molecule has 0 saturated heterocycles. The van der Waals surface area contributed by atoms with Crippen molar-refractivity contribution in [2.75, 3.05) is 13.1 Å². The molecule has 0 fully saturated rings. The maximum absolute atomic E-state index is 11.7.